The Morgan fingerprint density at radius 3 is 2.62 bits per heavy atom. The Morgan fingerprint density at radius 2 is 2.25 bits per heavy atom. The maximum absolute atomic E-state index is 8.80. The van der Waals surface area contributed by atoms with Gasteiger partial charge in [0.1, 0.15) is 0 Å². The van der Waals surface area contributed by atoms with Crippen molar-refractivity contribution in [2.45, 2.75) is 19.4 Å². The Hall–Kier alpha value is -0.340. The van der Waals surface area contributed by atoms with Gasteiger partial charge in [-0.1, -0.05) is 12.2 Å². The molecule has 0 radical (unpaired) electrons. The highest BCUT2D eigenvalue weighted by Crippen LogP contribution is 1.90. The van der Waals surface area contributed by atoms with Crippen LogP contribution in [-0.2, 0) is 0 Å². The molecule has 0 saturated heterocycles. The molecule has 0 amide bonds. The molecule has 2 heteroatoms. The molecule has 0 aliphatic rings. The van der Waals surface area contributed by atoms with E-state index < -0.39 is 6.10 Å². The first-order chi connectivity index (χ1) is 3.81. The molecule has 0 bridgehead atoms. The van der Waals surface area contributed by atoms with Gasteiger partial charge in [0, 0.05) is 6.61 Å². The zero-order chi connectivity index (χ0) is 6.41. The van der Waals surface area contributed by atoms with Crippen molar-refractivity contribution in [1.29, 1.82) is 0 Å². The van der Waals surface area contributed by atoms with Gasteiger partial charge in [-0.3, -0.25) is 0 Å². The number of hydrogen-bond acceptors (Lipinski definition) is 2. The van der Waals surface area contributed by atoms with Crippen molar-refractivity contribution < 1.29 is 10.2 Å². The summed E-state index contributed by atoms with van der Waals surface area (Å²) < 4.78 is 0. The van der Waals surface area contributed by atoms with E-state index in [2.05, 4.69) is 0 Å². The summed E-state index contributed by atoms with van der Waals surface area (Å²) in [5, 5.41) is 17.1. The molecule has 0 rings (SSSR count). The van der Waals surface area contributed by atoms with Crippen LogP contribution in [0.1, 0.15) is 13.3 Å². The molecule has 1 atom stereocenters. The third-order valence-electron chi connectivity index (χ3n) is 0.839. The third-order valence-corrected chi connectivity index (χ3v) is 0.839. The molecule has 0 heterocycles. The van der Waals surface area contributed by atoms with E-state index >= 15 is 0 Å². The van der Waals surface area contributed by atoms with Crippen molar-refractivity contribution in [2.24, 2.45) is 0 Å². The number of hydrogen-bond donors (Lipinski definition) is 2. The van der Waals surface area contributed by atoms with Gasteiger partial charge < -0.3 is 10.2 Å². The molecule has 0 aromatic heterocycles. The summed E-state index contributed by atoms with van der Waals surface area (Å²) in [5.74, 6) is 0. The van der Waals surface area contributed by atoms with E-state index in [1.807, 2.05) is 6.92 Å². The Morgan fingerprint density at radius 1 is 1.62 bits per heavy atom. The van der Waals surface area contributed by atoms with Gasteiger partial charge in [-0.25, -0.2) is 0 Å². The second-order valence-corrected chi connectivity index (χ2v) is 1.61. The number of rotatable bonds is 3. The van der Waals surface area contributed by atoms with Crippen molar-refractivity contribution in [1.82, 2.24) is 0 Å². The van der Waals surface area contributed by atoms with Crippen LogP contribution in [0, 0.1) is 0 Å². The van der Waals surface area contributed by atoms with Gasteiger partial charge in [-0.2, -0.15) is 0 Å². The van der Waals surface area contributed by atoms with Crippen LogP contribution >= 0.6 is 0 Å². The largest absolute Gasteiger partial charge is 0.396 e. The first-order valence-electron chi connectivity index (χ1n) is 2.73. The standard InChI is InChI=1S/C6H12O2/c1-2-3-6(8)4-5-7/h2-3,6-8H,4-5H2,1H3/b3-2-. The van der Waals surface area contributed by atoms with Crippen LogP contribution in [0.5, 0.6) is 0 Å². The van der Waals surface area contributed by atoms with Gasteiger partial charge >= 0.3 is 0 Å². The number of aliphatic hydroxyl groups is 2. The fraction of sp³-hybridized carbons (Fsp3) is 0.667. The molecule has 0 saturated carbocycles. The predicted octanol–water partition coefficient (Wildman–Crippen LogP) is 0.306. The molecule has 0 spiro atoms. The second-order valence-electron chi connectivity index (χ2n) is 1.61. The summed E-state index contributed by atoms with van der Waals surface area (Å²) in [6.45, 7) is 1.88. The summed E-state index contributed by atoms with van der Waals surface area (Å²) in [4.78, 5) is 0. The smallest absolute Gasteiger partial charge is 0.0742 e. The van der Waals surface area contributed by atoms with Crippen molar-refractivity contribution in [3.63, 3.8) is 0 Å². The van der Waals surface area contributed by atoms with E-state index in [0.29, 0.717) is 6.42 Å². The van der Waals surface area contributed by atoms with Crippen molar-refractivity contribution in [2.75, 3.05) is 6.61 Å². The lowest BCUT2D eigenvalue weighted by Gasteiger charge is -1.98. The summed E-state index contributed by atoms with van der Waals surface area (Å²) in [5.41, 5.74) is 0. The maximum atomic E-state index is 8.80. The lowest BCUT2D eigenvalue weighted by atomic mass is 10.2. The topological polar surface area (TPSA) is 40.5 Å². The van der Waals surface area contributed by atoms with Crippen LogP contribution in [0.2, 0.25) is 0 Å². The summed E-state index contributed by atoms with van der Waals surface area (Å²) in [6, 6.07) is 0. The summed E-state index contributed by atoms with van der Waals surface area (Å²) in [6.07, 6.45) is 3.38. The van der Waals surface area contributed by atoms with Crippen LogP contribution in [0.4, 0.5) is 0 Å². The lowest BCUT2D eigenvalue weighted by Crippen LogP contribution is -2.03. The van der Waals surface area contributed by atoms with Crippen LogP contribution in [-0.4, -0.2) is 22.9 Å². The molecule has 8 heavy (non-hydrogen) atoms. The average Bonchev–Trinajstić information content (AvgIpc) is 1.68. The monoisotopic (exact) mass is 116 g/mol. The normalized spacial score (nSPS) is 14.9. The van der Waals surface area contributed by atoms with Crippen LogP contribution < -0.4 is 0 Å². The Balaban J connectivity index is 3.17. The van der Waals surface area contributed by atoms with E-state index in [0.717, 1.165) is 0 Å². The molecular formula is C6H12O2. The first-order valence-corrected chi connectivity index (χ1v) is 2.73. The van der Waals surface area contributed by atoms with Crippen molar-refractivity contribution in [3.8, 4) is 0 Å². The fourth-order valence-corrected chi connectivity index (χ4v) is 0.451. The quantitative estimate of drug-likeness (QED) is 0.521. The highest BCUT2D eigenvalue weighted by Gasteiger charge is 1.93. The molecule has 0 aliphatic carbocycles. The molecule has 0 fully saturated rings. The van der Waals surface area contributed by atoms with E-state index in [1.165, 1.54) is 0 Å². The fourth-order valence-electron chi connectivity index (χ4n) is 0.451. The Bertz CT molecular complexity index is 68.9. The van der Waals surface area contributed by atoms with E-state index in [-0.39, 0.29) is 6.61 Å². The molecule has 2 nitrogen and oxygen atoms in total. The van der Waals surface area contributed by atoms with Crippen LogP contribution in [0.15, 0.2) is 12.2 Å². The van der Waals surface area contributed by atoms with Crippen molar-refractivity contribution in [3.05, 3.63) is 12.2 Å². The molecule has 2 N–H and O–H groups in total. The predicted molar refractivity (Wildman–Crippen MR) is 32.5 cm³/mol. The van der Waals surface area contributed by atoms with Crippen LogP contribution in [0.25, 0.3) is 0 Å². The van der Waals surface area contributed by atoms with Gasteiger partial charge in [0.25, 0.3) is 0 Å². The first kappa shape index (κ1) is 7.66. The van der Waals surface area contributed by atoms with Gasteiger partial charge in [-0.15, -0.1) is 0 Å². The Labute approximate surface area is 49.5 Å². The highest BCUT2D eigenvalue weighted by molar-refractivity contribution is 4.84. The molecule has 48 valence electrons. The van der Waals surface area contributed by atoms with E-state index in [1.54, 1.807) is 12.2 Å². The van der Waals surface area contributed by atoms with E-state index in [4.69, 9.17) is 10.2 Å². The molecule has 0 aliphatic heterocycles. The van der Waals surface area contributed by atoms with Gasteiger partial charge in [-0.05, 0) is 13.3 Å². The maximum Gasteiger partial charge on any atom is 0.0742 e. The van der Waals surface area contributed by atoms with Crippen LogP contribution in [0.3, 0.4) is 0 Å². The SMILES string of the molecule is C/C=C\C(O)CCO. The lowest BCUT2D eigenvalue weighted by molar-refractivity contribution is 0.170. The molecule has 0 aromatic rings. The second kappa shape index (κ2) is 4.81. The molecule has 0 aromatic carbocycles. The average molecular weight is 116 g/mol. The number of allylic oxidation sites excluding steroid dienone is 1. The molecule has 1 unspecified atom stereocenters. The van der Waals surface area contributed by atoms with Gasteiger partial charge in [0.2, 0.25) is 0 Å². The molecular weight excluding hydrogens is 104 g/mol. The zero-order valence-electron chi connectivity index (χ0n) is 5.04. The van der Waals surface area contributed by atoms with Crippen molar-refractivity contribution >= 4 is 0 Å². The minimum atomic E-state index is -0.468. The van der Waals surface area contributed by atoms with Gasteiger partial charge in [0.15, 0.2) is 0 Å². The number of aliphatic hydroxyl groups excluding tert-OH is 2. The minimum absolute atomic E-state index is 0.0471. The summed E-state index contributed by atoms with van der Waals surface area (Å²) >= 11 is 0. The Kier molecular flexibility index (Phi) is 4.61. The highest BCUT2D eigenvalue weighted by atomic mass is 16.3. The van der Waals surface area contributed by atoms with Gasteiger partial charge in [0.05, 0.1) is 6.10 Å². The third kappa shape index (κ3) is 3.84. The minimum Gasteiger partial charge on any atom is -0.396 e. The summed E-state index contributed by atoms with van der Waals surface area (Å²) in [7, 11) is 0. The van der Waals surface area contributed by atoms with E-state index in [9.17, 15) is 0 Å². The zero-order valence-corrected chi connectivity index (χ0v) is 5.04.